The van der Waals surface area contributed by atoms with Crippen LogP contribution < -0.4 is 35.9 Å². The molecule has 16 rings (SSSR count). The van der Waals surface area contributed by atoms with Crippen LogP contribution in [-0.4, -0.2) is 97.2 Å². The van der Waals surface area contributed by atoms with Gasteiger partial charge in [0.05, 0.1) is 42.8 Å². The van der Waals surface area contributed by atoms with Crippen LogP contribution in [0.15, 0.2) is 108 Å². The number of rotatable bonds is 8. The average Bonchev–Trinajstić information content (AvgIpc) is 1.61. The Hall–Kier alpha value is -6.79. The van der Waals surface area contributed by atoms with Gasteiger partial charge in [-0.2, -0.15) is 0 Å². The predicted molar refractivity (Wildman–Crippen MR) is 365 cm³/mol. The Kier molecular flexibility index (Phi) is 16.5. The summed E-state index contributed by atoms with van der Waals surface area (Å²) < 4.78 is 34.8. The molecule has 0 amide bonds. The number of benzene rings is 5. The molecule has 5 aromatic carbocycles. The van der Waals surface area contributed by atoms with Crippen LogP contribution in [0, 0.1) is 59.2 Å². The van der Waals surface area contributed by atoms with Crippen molar-refractivity contribution in [3.63, 3.8) is 0 Å². The van der Waals surface area contributed by atoms with Crippen LogP contribution in [0.5, 0.6) is 28.7 Å². The van der Waals surface area contributed by atoms with Crippen LogP contribution in [0.3, 0.4) is 0 Å². The number of aromatic hydroxyl groups is 2. The number of nitrogens with two attached hydrogens (primary N) is 1. The number of hydrogen-bond donors (Lipinski definition) is 7. The third kappa shape index (κ3) is 10.9. The fraction of sp³-hybridized carbons (Fsp3) is 0.474. The molecule has 11 aliphatic rings. The van der Waals surface area contributed by atoms with Crippen molar-refractivity contribution < 1.29 is 43.8 Å². The molecule has 1 saturated heterocycles. The molecule has 13 nitrogen and oxygen atoms in total. The fourth-order valence-electron chi connectivity index (χ4n) is 19.0. The molecule has 16 atom stereocenters. The number of phenols is 2. The summed E-state index contributed by atoms with van der Waals surface area (Å²) in [6, 6.07) is 28.0. The highest BCUT2D eigenvalue weighted by atomic mass is 33.1. The number of carbonyl (C=O) groups excluding carboxylic acids is 1. The van der Waals surface area contributed by atoms with Crippen LogP contribution in [0.2, 0.25) is 0 Å². The minimum Gasteiger partial charge on any atom is -0.508 e. The van der Waals surface area contributed by atoms with Crippen LogP contribution in [-0.2, 0) is 45.5 Å². The van der Waals surface area contributed by atoms with E-state index in [0.717, 1.165) is 108 Å². The quantitative estimate of drug-likeness (QED) is 0.0442. The zero-order valence-corrected chi connectivity index (χ0v) is 54.9. The first-order chi connectivity index (χ1) is 45.4. The number of aliphatic hydroxyl groups excluding tert-OH is 1. The van der Waals surface area contributed by atoms with Gasteiger partial charge in [0.25, 0.3) is 0 Å². The van der Waals surface area contributed by atoms with Gasteiger partial charge < -0.3 is 60.7 Å². The molecule has 0 aromatic heterocycles. The molecule has 5 aromatic rings. The number of esters is 1. The number of nitrogens with one attached hydrogen (secondary N) is 3. The second-order valence-electron chi connectivity index (χ2n) is 28.4. The maximum absolute atomic E-state index is 14.0. The van der Waals surface area contributed by atoms with E-state index < -0.39 is 41.6 Å². The summed E-state index contributed by atoms with van der Waals surface area (Å²) in [5.74, 6) is 16.9. The molecule has 482 valence electrons. The zero-order chi connectivity index (χ0) is 63.2. The minimum atomic E-state index is -0.864. The van der Waals surface area contributed by atoms with Crippen molar-refractivity contribution in [2.75, 3.05) is 46.3 Å². The van der Waals surface area contributed by atoms with Crippen molar-refractivity contribution >= 4 is 33.6 Å². The van der Waals surface area contributed by atoms with Gasteiger partial charge in [-0.25, -0.2) is 0 Å². The number of methoxy groups -OCH3 is 2. The first-order valence-electron chi connectivity index (χ1n) is 34.1. The minimum absolute atomic E-state index is 0.000732. The van der Waals surface area contributed by atoms with Gasteiger partial charge in [0, 0.05) is 108 Å². The van der Waals surface area contributed by atoms with E-state index >= 15 is 0 Å². The molecule has 8 N–H and O–H groups in total. The number of fused-ring (bicyclic) bond motifs is 14. The summed E-state index contributed by atoms with van der Waals surface area (Å²) in [7, 11) is 7.27. The maximum atomic E-state index is 14.0. The van der Waals surface area contributed by atoms with E-state index in [1.807, 2.05) is 27.7 Å². The van der Waals surface area contributed by atoms with E-state index in [0.29, 0.717) is 60.1 Å². The van der Waals surface area contributed by atoms with Crippen molar-refractivity contribution in [2.24, 2.45) is 41.2 Å². The summed E-state index contributed by atoms with van der Waals surface area (Å²) in [6.45, 7) is 2.28. The Morgan fingerprint density at radius 1 is 0.946 bits per heavy atom. The second kappa shape index (κ2) is 25.1. The van der Waals surface area contributed by atoms with Gasteiger partial charge in [-0.1, -0.05) is 125 Å². The molecule has 6 heterocycles. The standard InChI is InChI=1S/C78H84N4O9S2/c1-42(84)89-40-61-56-20-21-57-67-51(31-54(85)33-64(67)88-3)35-78-26-25-50(34-78)69-55-19-17-49-32-66(79)82-62(70(49)69)23-18-46-15-16-48(28-44-11-7-13-47(55)27-44)60(39-87-2)52(38-83)36-80-37-59-68(46)71(74(61)90-75(56)72(57)78)58-22-24-63-77(91-76(58)73(59)86)65(30-43-9-5-4-6-10-43)93-92-41-45-12-8-14-53(29-45)81-63/h4-7,9-11,13,20-22,24,27,31-33,45-46,48,50,52-53,55,60-61,63,65-66,69,74,77,80-83,85-86H,8,12,14,17,19,25-26,28-30,34-41,79H2,1-3H3. The Labute approximate surface area is 554 Å². The third-order valence-electron chi connectivity index (χ3n) is 23.0. The van der Waals surface area contributed by atoms with Crippen LogP contribution in [0.25, 0.3) is 17.2 Å². The van der Waals surface area contributed by atoms with Crippen molar-refractivity contribution in [2.45, 2.75) is 149 Å². The molecular weight excluding hydrogens is 1200 g/mol. The number of carbonyl (C=O) groups is 1. The Bertz CT molecular complexity index is 4030. The van der Waals surface area contributed by atoms with Gasteiger partial charge in [0.1, 0.15) is 42.0 Å². The highest BCUT2D eigenvalue weighted by Crippen LogP contribution is 2.66. The maximum Gasteiger partial charge on any atom is 0.302 e. The normalized spacial score (nSPS) is 32.3. The monoisotopic (exact) mass is 1280 g/mol. The molecule has 15 heteroatoms. The fourth-order valence-corrected chi connectivity index (χ4v) is 22.2. The molecule has 1 spiro atoms. The lowest BCUT2D eigenvalue weighted by Crippen LogP contribution is -2.52. The molecule has 16 unspecified atom stereocenters. The number of dihydropyridines is 1. The lowest BCUT2D eigenvalue weighted by molar-refractivity contribution is -0.141. The summed E-state index contributed by atoms with van der Waals surface area (Å²) in [5, 5.41) is 49.0. The van der Waals surface area contributed by atoms with Crippen LogP contribution >= 0.6 is 21.6 Å². The number of hydrogen-bond acceptors (Lipinski definition) is 15. The Morgan fingerprint density at radius 3 is 2.69 bits per heavy atom. The summed E-state index contributed by atoms with van der Waals surface area (Å²) >= 11 is 0. The number of aliphatic hydroxyl groups is 1. The highest BCUT2D eigenvalue weighted by molar-refractivity contribution is 8.77. The van der Waals surface area contributed by atoms with Gasteiger partial charge in [-0.05, 0) is 157 Å². The molecule has 3 saturated carbocycles. The van der Waals surface area contributed by atoms with E-state index in [9.17, 15) is 20.1 Å². The van der Waals surface area contributed by atoms with Gasteiger partial charge in [-0.15, -0.1) is 0 Å². The molecule has 13 bridgehead atoms. The van der Waals surface area contributed by atoms with Crippen molar-refractivity contribution in [3.8, 4) is 63.6 Å². The van der Waals surface area contributed by atoms with E-state index in [2.05, 4.69) is 125 Å². The average molecular weight is 1290 g/mol. The van der Waals surface area contributed by atoms with Gasteiger partial charge in [0.15, 0.2) is 11.5 Å². The molecule has 6 aliphatic heterocycles. The van der Waals surface area contributed by atoms with Crippen molar-refractivity contribution in [1.29, 1.82) is 0 Å². The topological polar surface area (TPSA) is 186 Å². The lowest BCUT2D eigenvalue weighted by atomic mass is 9.61. The Balaban J connectivity index is 1.02. The second-order valence-corrected chi connectivity index (χ2v) is 31.1. The molecule has 5 aliphatic carbocycles. The predicted octanol–water partition coefficient (Wildman–Crippen LogP) is 12.0. The molecule has 0 radical (unpaired) electrons. The number of phenolic OH excluding ortho intramolecular Hbond substituents is 2. The van der Waals surface area contributed by atoms with Crippen LogP contribution in [0.4, 0.5) is 0 Å². The SMILES string of the molecule is COCC1C2C#CC3C#CC4=C5C(=CC(N)N4)CCC(c4cccc(c4)C2)C5C2CCC4(Cc5cc(O)cc(OC)c5-c5ccc6c(c54)OC(c4c5c(c(O)c(c43)CNCC1CO)OC1C(C=C5)NC3CCCC(CSSC1Cc1ccccc1)C3)C6COC(C)=O)C2. The van der Waals surface area contributed by atoms with Gasteiger partial charge in [-0.3, -0.25) is 4.79 Å². The summed E-state index contributed by atoms with van der Waals surface area (Å²) in [4.78, 5) is 13.5. The number of ether oxygens (including phenoxy) is 5. The third-order valence-corrected chi connectivity index (χ3v) is 26.0. The zero-order valence-electron chi connectivity index (χ0n) is 53.3. The molecular formula is C78H84N4O9S2. The largest absolute Gasteiger partial charge is 0.508 e. The molecule has 4 fully saturated rings. The first-order valence-corrected chi connectivity index (χ1v) is 36.4. The van der Waals surface area contributed by atoms with Crippen LogP contribution in [0.1, 0.15) is 144 Å². The van der Waals surface area contributed by atoms with Gasteiger partial charge in [0.2, 0.25) is 0 Å². The number of allylic oxidation sites excluding steroid dienone is 3. The smallest absolute Gasteiger partial charge is 0.302 e. The first kappa shape index (κ1) is 61.1. The van der Waals surface area contributed by atoms with Crippen molar-refractivity contribution in [1.82, 2.24) is 16.0 Å². The summed E-state index contributed by atoms with van der Waals surface area (Å²) in [5.41, 5.74) is 21.3. The molecule has 93 heavy (non-hydrogen) atoms. The highest BCUT2D eigenvalue weighted by Gasteiger charge is 2.55. The van der Waals surface area contributed by atoms with E-state index in [1.54, 1.807) is 20.3 Å². The van der Waals surface area contributed by atoms with E-state index in [4.69, 9.17) is 29.4 Å². The van der Waals surface area contributed by atoms with Gasteiger partial charge >= 0.3 is 5.97 Å². The lowest BCUT2D eigenvalue weighted by Gasteiger charge is -2.44. The van der Waals surface area contributed by atoms with Crippen molar-refractivity contribution in [3.05, 3.63) is 163 Å². The summed E-state index contributed by atoms with van der Waals surface area (Å²) in [6.07, 6.45) is 15.8. The Morgan fingerprint density at radius 2 is 1.84 bits per heavy atom. The van der Waals surface area contributed by atoms with E-state index in [-0.39, 0.29) is 84.1 Å². The van der Waals surface area contributed by atoms with E-state index in [1.165, 1.54) is 41.2 Å².